The smallest absolute Gasteiger partial charge is 0.261 e. The second kappa shape index (κ2) is 6.94. The molecule has 1 amide bonds. The van der Waals surface area contributed by atoms with Gasteiger partial charge in [0.2, 0.25) is 0 Å². The van der Waals surface area contributed by atoms with E-state index in [0.717, 1.165) is 55.7 Å². The number of H-pyrrole nitrogens is 1. The second-order valence-corrected chi connectivity index (χ2v) is 7.16. The Balaban J connectivity index is 1.35. The Morgan fingerprint density at radius 2 is 2.08 bits per heavy atom. The third kappa shape index (κ3) is 3.36. The van der Waals surface area contributed by atoms with Crippen molar-refractivity contribution in [2.24, 2.45) is 5.92 Å². The van der Waals surface area contributed by atoms with E-state index in [2.05, 4.69) is 15.2 Å². The van der Waals surface area contributed by atoms with Gasteiger partial charge in [0.25, 0.3) is 11.5 Å². The van der Waals surface area contributed by atoms with Crippen LogP contribution >= 0.6 is 0 Å². The number of hydrogen-bond donors (Lipinski definition) is 2. The number of halogens is 1. The lowest BCUT2D eigenvalue weighted by Gasteiger charge is -2.18. The van der Waals surface area contributed by atoms with Crippen molar-refractivity contribution in [1.29, 1.82) is 0 Å². The highest BCUT2D eigenvalue weighted by Crippen LogP contribution is 2.24. The first-order chi connectivity index (χ1) is 12.6. The number of nitrogens with zero attached hydrogens (tertiary/aromatic N) is 1. The molecule has 0 bridgehead atoms. The van der Waals surface area contributed by atoms with Gasteiger partial charge in [0.05, 0.1) is 0 Å². The summed E-state index contributed by atoms with van der Waals surface area (Å²) in [5.41, 5.74) is 2.95. The number of amides is 1. The van der Waals surface area contributed by atoms with Gasteiger partial charge in [-0.25, -0.2) is 4.39 Å². The van der Waals surface area contributed by atoms with Gasteiger partial charge in [0.1, 0.15) is 11.4 Å². The first-order valence-electron chi connectivity index (χ1n) is 9.14. The quantitative estimate of drug-likeness (QED) is 0.884. The summed E-state index contributed by atoms with van der Waals surface area (Å²) in [6, 6.07) is 8.23. The number of pyridine rings is 1. The molecule has 1 aromatic heterocycles. The van der Waals surface area contributed by atoms with Gasteiger partial charge in [-0.15, -0.1) is 0 Å². The van der Waals surface area contributed by atoms with E-state index in [-0.39, 0.29) is 22.8 Å². The Labute approximate surface area is 151 Å². The number of aromatic amines is 1. The standard InChI is InChI=1S/C20H22FN3O2/c21-15-4-6-16(7-5-15)24-9-8-13(12-24)11-22-19(25)17-10-14-2-1-3-18(14)23-20(17)26/h4-7,10,13H,1-3,8-9,11-12H2,(H,22,25)(H,23,26)/t13-/m1/s1. The zero-order chi connectivity index (χ0) is 18.1. The molecule has 0 saturated carbocycles. The van der Waals surface area contributed by atoms with Gasteiger partial charge in [-0.3, -0.25) is 9.59 Å². The maximum absolute atomic E-state index is 13.0. The van der Waals surface area contributed by atoms with Crippen LogP contribution in [0.4, 0.5) is 10.1 Å². The Kier molecular flexibility index (Phi) is 4.49. The molecule has 1 aliphatic carbocycles. The number of hydrogen-bond acceptors (Lipinski definition) is 3. The maximum Gasteiger partial charge on any atom is 0.261 e. The molecule has 2 aliphatic rings. The molecule has 1 atom stereocenters. The van der Waals surface area contributed by atoms with Crippen LogP contribution in [0.15, 0.2) is 35.1 Å². The van der Waals surface area contributed by atoms with E-state index in [1.807, 2.05) is 0 Å². The van der Waals surface area contributed by atoms with E-state index in [9.17, 15) is 14.0 Å². The maximum atomic E-state index is 13.0. The number of carbonyl (C=O) groups is 1. The van der Waals surface area contributed by atoms with Crippen LogP contribution < -0.4 is 15.8 Å². The van der Waals surface area contributed by atoms with Crippen molar-refractivity contribution in [3.05, 3.63) is 63.3 Å². The van der Waals surface area contributed by atoms with Gasteiger partial charge >= 0.3 is 0 Å². The molecule has 1 aromatic carbocycles. The molecule has 6 heteroatoms. The predicted molar refractivity (Wildman–Crippen MR) is 98.1 cm³/mol. The molecule has 0 radical (unpaired) electrons. The Hall–Kier alpha value is -2.63. The van der Waals surface area contributed by atoms with Gasteiger partial charge in [-0.1, -0.05) is 0 Å². The fourth-order valence-corrected chi connectivity index (χ4v) is 3.90. The Bertz CT molecular complexity index is 876. The molecule has 0 unspecified atom stereocenters. The zero-order valence-corrected chi connectivity index (χ0v) is 14.6. The van der Waals surface area contributed by atoms with Gasteiger partial charge < -0.3 is 15.2 Å². The minimum Gasteiger partial charge on any atom is -0.371 e. The molecular formula is C20H22FN3O2. The molecule has 4 rings (SSSR count). The van der Waals surface area contributed by atoms with E-state index in [1.165, 1.54) is 12.1 Å². The van der Waals surface area contributed by atoms with E-state index in [0.29, 0.717) is 12.5 Å². The molecule has 2 aromatic rings. The molecule has 1 aliphatic heterocycles. The minimum absolute atomic E-state index is 0.207. The molecule has 2 heterocycles. The highest BCUT2D eigenvalue weighted by Gasteiger charge is 2.24. The zero-order valence-electron chi connectivity index (χ0n) is 14.6. The number of anilines is 1. The molecule has 1 saturated heterocycles. The van der Waals surface area contributed by atoms with Crippen molar-refractivity contribution in [3.63, 3.8) is 0 Å². The summed E-state index contributed by atoms with van der Waals surface area (Å²) in [6.07, 6.45) is 3.78. The molecule has 5 nitrogen and oxygen atoms in total. The lowest BCUT2D eigenvalue weighted by molar-refractivity contribution is 0.0946. The van der Waals surface area contributed by atoms with Crippen LogP contribution in [-0.4, -0.2) is 30.5 Å². The summed E-state index contributed by atoms with van der Waals surface area (Å²) < 4.78 is 13.0. The van der Waals surface area contributed by atoms with Gasteiger partial charge in [-0.2, -0.15) is 0 Å². The van der Waals surface area contributed by atoms with Crippen molar-refractivity contribution in [1.82, 2.24) is 10.3 Å². The summed E-state index contributed by atoms with van der Waals surface area (Å²) in [4.78, 5) is 29.6. The van der Waals surface area contributed by atoms with E-state index >= 15 is 0 Å². The highest BCUT2D eigenvalue weighted by molar-refractivity contribution is 5.94. The first-order valence-corrected chi connectivity index (χ1v) is 9.14. The van der Waals surface area contributed by atoms with Crippen LogP contribution in [0.2, 0.25) is 0 Å². The average Bonchev–Trinajstić information content (AvgIpc) is 3.28. The number of nitrogens with one attached hydrogen (secondary N) is 2. The average molecular weight is 355 g/mol. The normalized spacial score (nSPS) is 18.8. The summed E-state index contributed by atoms with van der Waals surface area (Å²) in [5, 5.41) is 2.91. The van der Waals surface area contributed by atoms with Crippen LogP contribution in [-0.2, 0) is 12.8 Å². The SMILES string of the molecule is O=C(NC[C@H]1CCN(c2ccc(F)cc2)C1)c1cc2c([nH]c1=O)CCC2. The van der Waals surface area contributed by atoms with Gasteiger partial charge in [0.15, 0.2) is 0 Å². The van der Waals surface area contributed by atoms with Crippen molar-refractivity contribution in [2.45, 2.75) is 25.7 Å². The van der Waals surface area contributed by atoms with Crippen LogP contribution in [0.1, 0.15) is 34.5 Å². The molecule has 1 fully saturated rings. The summed E-state index contributed by atoms with van der Waals surface area (Å²) >= 11 is 0. The number of benzene rings is 1. The number of aryl methyl sites for hydroxylation is 2. The molecule has 26 heavy (non-hydrogen) atoms. The lowest BCUT2D eigenvalue weighted by Crippen LogP contribution is -2.34. The van der Waals surface area contributed by atoms with Crippen LogP contribution in [0.3, 0.4) is 0 Å². The monoisotopic (exact) mass is 355 g/mol. The molecule has 0 spiro atoms. The highest BCUT2D eigenvalue weighted by atomic mass is 19.1. The number of aromatic nitrogens is 1. The summed E-state index contributed by atoms with van der Waals surface area (Å²) in [6.45, 7) is 2.23. The topological polar surface area (TPSA) is 65.2 Å². The fourth-order valence-electron chi connectivity index (χ4n) is 3.90. The van der Waals surface area contributed by atoms with Crippen molar-refractivity contribution in [3.8, 4) is 0 Å². The molecule has 2 N–H and O–H groups in total. The Morgan fingerprint density at radius 1 is 1.27 bits per heavy atom. The van der Waals surface area contributed by atoms with E-state index < -0.39 is 0 Å². The van der Waals surface area contributed by atoms with Crippen molar-refractivity contribution >= 4 is 11.6 Å². The number of carbonyl (C=O) groups excluding carboxylic acids is 1. The van der Waals surface area contributed by atoms with Gasteiger partial charge in [0, 0.05) is 31.0 Å². The molecule has 136 valence electrons. The minimum atomic E-state index is -0.304. The largest absolute Gasteiger partial charge is 0.371 e. The fraction of sp³-hybridized carbons (Fsp3) is 0.400. The summed E-state index contributed by atoms with van der Waals surface area (Å²) in [7, 11) is 0. The number of rotatable bonds is 4. The molecular weight excluding hydrogens is 333 g/mol. The van der Waals surface area contributed by atoms with Crippen LogP contribution in [0.5, 0.6) is 0 Å². The third-order valence-electron chi connectivity index (χ3n) is 5.36. The van der Waals surface area contributed by atoms with E-state index in [4.69, 9.17) is 0 Å². The lowest BCUT2D eigenvalue weighted by atomic mass is 10.1. The van der Waals surface area contributed by atoms with Crippen molar-refractivity contribution in [2.75, 3.05) is 24.5 Å². The third-order valence-corrected chi connectivity index (χ3v) is 5.36. The van der Waals surface area contributed by atoms with Crippen molar-refractivity contribution < 1.29 is 9.18 Å². The summed E-state index contributed by atoms with van der Waals surface area (Å²) in [5.74, 6) is -0.227. The second-order valence-electron chi connectivity index (χ2n) is 7.16. The van der Waals surface area contributed by atoms with Crippen LogP contribution in [0.25, 0.3) is 0 Å². The first kappa shape index (κ1) is 16.8. The number of fused-ring (bicyclic) bond motifs is 1. The van der Waals surface area contributed by atoms with Crippen LogP contribution in [0, 0.1) is 11.7 Å². The van der Waals surface area contributed by atoms with E-state index in [1.54, 1.807) is 18.2 Å². The Morgan fingerprint density at radius 3 is 2.88 bits per heavy atom. The predicted octanol–water partition coefficient (Wildman–Crippen LogP) is 2.26. The van der Waals surface area contributed by atoms with Gasteiger partial charge in [-0.05, 0) is 67.5 Å².